The Kier molecular flexibility index (Phi) is 4.13. The number of nitrogens with zero attached hydrogens (tertiary/aromatic N) is 1. The summed E-state index contributed by atoms with van der Waals surface area (Å²) in [6.45, 7) is 5.71. The molecule has 4 nitrogen and oxygen atoms in total. The third-order valence-corrected chi connectivity index (χ3v) is 2.53. The van der Waals surface area contributed by atoms with E-state index in [2.05, 4.69) is 0 Å². The lowest BCUT2D eigenvalue weighted by molar-refractivity contribution is -0.000695. The zero-order valence-electron chi connectivity index (χ0n) is 10.1. The average molecular weight is 233 g/mol. The SMILES string of the molecule is CC(C)(C)OC(=O)N1CCC(F)[C@@H](CO)C1. The number of hydrogen-bond acceptors (Lipinski definition) is 3. The Morgan fingerprint density at radius 2 is 2.19 bits per heavy atom. The van der Waals surface area contributed by atoms with Crippen LogP contribution in [0.4, 0.5) is 9.18 Å². The van der Waals surface area contributed by atoms with Crippen molar-refractivity contribution < 1.29 is 19.0 Å². The van der Waals surface area contributed by atoms with Gasteiger partial charge in [0.2, 0.25) is 0 Å². The summed E-state index contributed by atoms with van der Waals surface area (Å²) in [5, 5.41) is 8.97. The van der Waals surface area contributed by atoms with Crippen molar-refractivity contribution >= 4 is 6.09 Å². The molecule has 1 fully saturated rings. The van der Waals surface area contributed by atoms with Gasteiger partial charge in [-0.15, -0.1) is 0 Å². The summed E-state index contributed by atoms with van der Waals surface area (Å²) in [5.74, 6) is -0.485. The first-order valence-corrected chi connectivity index (χ1v) is 5.56. The van der Waals surface area contributed by atoms with Gasteiger partial charge in [-0.2, -0.15) is 0 Å². The van der Waals surface area contributed by atoms with Gasteiger partial charge in [0.05, 0.1) is 6.61 Å². The Hall–Kier alpha value is -0.840. The predicted molar refractivity (Wildman–Crippen MR) is 57.9 cm³/mol. The van der Waals surface area contributed by atoms with Gasteiger partial charge >= 0.3 is 6.09 Å². The number of carbonyl (C=O) groups is 1. The van der Waals surface area contributed by atoms with Crippen molar-refractivity contribution in [2.24, 2.45) is 5.92 Å². The Morgan fingerprint density at radius 3 is 2.69 bits per heavy atom. The molecular weight excluding hydrogens is 213 g/mol. The molecule has 1 aliphatic heterocycles. The Bertz CT molecular complexity index is 252. The van der Waals surface area contributed by atoms with Gasteiger partial charge in [0.25, 0.3) is 0 Å². The minimum Gasteiger partial charge on any atom is -0.444 e. The minimum absolute atomic E-state index is 0.229. The van der Waals surface area contributed by atoms with Gasteiger partial charge in [0.1, 0.15) is 11.8 Å². The maximum absolute atomic E-state index is 13.3. The number of aliphatic hydroxyl groups excluding tert-OH is 1. The molecule has 0 aromatic heterocycles. The number of ether oxygens (including phenoxy) is 1. The van der Waals surface area contributed by atoms with E-state index in [1.54, 1.807) is 20.8 Å². The van der Waals surface area contributed by atoms with Crippen molar-refractivity contribution in [3.05, 3.63) is 0 Å². The fourth-order valence-electron chi connectivity index (χ4n) is 1.67. The number of likely N-dealkylation sites (tertiary alicyclic amines) is 1. The van der Waals surface area contributed by atoms with Crippen LogP contribution in [0.25, 0.3) is 0 Å². The van der Waals surface area contributed by atoms with Gasteiger partial charge in [-0.05, 0) is 27.2 Å². The second kappa shape index (κ2) is 4.99. The molecule has 5 heteroatoms. The number of piperidine rings is 1. The second-order valence-electron chi connectivity index (χ2n) is 5.17. The Labute approximate surface area is 95.4 Å². The number of alkyl halides is 1. The van der Waals surface area contributed by atoms with Gasteiger partial charge in [-0.1, -0.05) is 0 Å². The molecule has 1 rings (SSSR count). The number of carbonyl (C=O) groups excluding carboxylic acids is 1. The molecule has 0 radical (unpaired) electrons. The smallest absolute Gasteiger partial charge is 0.410 e. The van der Waals surface area contributed by atoms with E-state index in [0.29, 0.717) is 6.54 Å². The summed E-state index contributed by atoms with van der Waals surface area (Å²) >= 11 is 0. The molecule has 1 heterocycles. The van der Waals surface area contributed by atoms with Gasteiger partial charge in [-0.25, -0.2) is 9.18 Å². The van der Waals surface area contributed by atoms with Crippen LogP contribution in [0.3, 0.4) is 0 Å². The highest BCUT2D eigenvalue weighted by atomic mass is 19.1. The van der Waals surface area contributed by atoms with Crippen LogP contribution in [0.2, 0.25) is 0 Å². The first kappa shape index (κ1) is 13.2. The lowest BCUT2D eigenvalue weighted by Crippen LogP contribution is -2.47. The summed E-state index contributed by atoms with van der Waals surface area (Å²) < 4.78 is 18.5. The number of halogens is 1. The molecular formula is C11H20FNO3. The van der Waals surface area contributed by atoms with E-state index in [0.717, 1.165) is 0 Å². The van der Waals surface area contributed by atoms with Crippen LogP contribution < -0.4 is 0 Å². The summed E-state index contributed by atoms with van der Waals surface area (Å²) in [4.78, 5) is 13.1. The molecule has 2 atom stereocenters. The van der Waals surface area contributed by atoms with E-state index >= 15 is 0 Å². The monoisotopic (exact) mass is 233 g/mol. The fraction of sp³-hybridized carbons (Fsp3) is 0.909. The van der Waals surface area contributed by atoms with Gasteiger partial charge < -0.3 is 14.7 Å². The van der Waals surface area contributed by atoms with E-state index in [1.807, 2.05) is 0 Å². The van der Waals surface area contributed by atoms with E-state index in [-0.39, 0.29) is 19.6 Å². The second-order valence-corrected chi connectivity index (χ2v) is 5.17. The molecule has 0 spiro atoms. The normalized spacial score (nSPS) is 26.7. The topological polar surface area (TPSA) is 49.8 Å². The van der Waals surface area contributed by atoms with Crippen LogP contribution in [0.5, 0.6) is 0 Å². The fourth-order valence-corrected chi connectivity index (χ4v) is 1.67. The van der Waals surface area contributed by atoms with E-state index < -0.39 is 23.8 Å². The Morgan fingerprint density at radius 1 is 1.56 bits per heavy atom. The van der Waals surface area contributed by atoms with Crippen molar-refractivity contribution in [2.75, 3.05) is 19.7 Å². The lowest BCUT2D eigenvalue weighted by atomic mass is 9.97. The van der Waals surface area contributed by atoms with Crippen LogP contribution in [-0.4, -0.2) is 47.6 Å². The molecule has 16 heavy (non-hydrogen) atoms. The van der Waals surface area contributed by atoms with E-state index in [9.17, 15) is 9.18 Å². The largest absolute Gasteiger partial charge is 0.444 e. The van der Waals surface area contributed by atoms with Crippen molar-refractivity contribution in [1.29, 1.82) is 0 Å². The molecule has 0 aliphatic carbocycles. The van der Waals surface area contributed by atoms with Crippen LogP contribution in [0.1, 0.15) is 27.2 Å². The van der Waals surface area contributed by atoms with Gasteiger partial charge in [0.15, 0.2) is 0 Å². The zero-order chi connectivity index (χ0) is 12.3. The highest BCUT2D eigenvalue weighted by Gasteiger charge is 2.32. The lowest BCUT2D eigenvalue weighted by Gasteiger charge is -2.35. The number of hydrogen-bond donors (Lipinski definition) is 1. The highest BCUT2D eigenvalue weighted by molar-refractivity contribution is 5.68. The predicted octanol–water partition coefficient (Wildman–Crippen LogP) is 1.57. The van der Waals surface area contributed by atoms with Crippen LogP contribution in [-0.2, 0) is 4.74 Å². The van der Waals surface area contributed by atoms with E-state index in [4.69, 9.17) is 9.84 Å². The number of amides is 1. The first-order chi connectivity index (χ1) is 7.33. The van der Waals surface area contributed by atoms with Crippen LogP contribution in [0.15, 0.2) is 0 Å². The summed E-state index contributed by atoms with van der Waals surface area (Å²) in [6, 6.07) is 0. The summed E-state index contributed by atoms with van der Waals surface area (Å²) in [7, 11) is 0. The molecule has 0 aromatic carbocycles. The summed E-state index contributed by atoms with van der Waals surface area (Å²) in [5.41, 5.74) is -0.543. The maximum Gasteiger partial charge on any atom is 0.410 e. The molecule has 0 bridgehead atoms. The highest BCUT2D eigenvalue weighted by Crippen LogP contribution is 2.21. The first-order valence-electron chi connectivity index (χ1n) is 5.56. The van der Waals surface area contributed by atoms with Crippen molar-refractivity contribution in [3.63, 3.8) is 0 Å². The van der Waals surface area contributed by atoms with Gasteiger partial charge in [-0.3, -0.25) is 0 Å². The van der Waals surface area contributed by atoms with Gasteiger partial charge in [0, 0.05) is 19.0 Å². The van der Waals surface area contributed by atoms with E-state index in [1.165, 1.54) is 4.90 Å². The Balaban J connectivity index is 2.52. The third-order valence-electron chi connectivity index (χ3n) is 2.53. The maximum atomic E-state index is 13.3. The molecule has 1 saturated heterocycles. The molecule has 1 unspecified atom stereocenters. The molecule has 94 valence electrons. The standard InChI is InChI=1S/C11H20FNO3/c1-11(2,3)16-10(15)13-5-4-9(12)8(6-13)7-14/h8-9,14H,4-7H2,1-3H3/t8-,9?/m1/s1. The number of aliphatic hydroxyl groups is 1. The van der Waals surface area contributed by atoms with Crippen LogP contribution >= 0.6 is 0 Å². The zero-order valence-corrected chi connectivity index (χ0v) is 10.1. The quantitative estimate of drug-likeness (QED) is 0.748. The van der Waals surface area contributed by atoms with Crippen molar-refractivity contribution in [2.45, 2.75) is 39.0 Å². The summed E-state index contributed by atoms with van der Waals surface area (Å²) in [6.07, 6.45) is -1.19. The molecule has 1 N–H and O–H groups in total. The number of rotatable bonds is 1. The third kappa shape index (κ3) is 3.63. The van der Waals surface area contributed by atoms with Crippen LogP contribution in [0, 0.1) is 5.92 Å². The molecule has 1 amide bonds. The molecule has 0 aromatic rings. The minimum atomic E-state index is -1.02. The van der Waals surface area contributed by atoms with Crippen molar-refractivity contribution in [3.8, 4) is 0 Å². The molecule has 0 saturated carbocycles. The van der Waals surface area contributed by atoms with Crippen molar-refractivity contribution in [1.82, 2.24) is 4.90 Å². The molecule has 1 aliphatic rings. The average Bonchev–Trinajstić information content (AvgIpc) is 2.15.